The maximum absolute atomic E-state index is 13.3. The van der Waals surface area contributed by atoms with E-state index >= 15 is 0 Å². The minimum atomic E-state index is -0.00467. The normalized spacial score (nSPS) is 11.7. The zero-order valence-electron chi connectivity index (χ0n) is 16.5. The van der Waals surface area contributed by atoms with Crippen LogP contribution in [0, 0.1) is 0 Å². The van der Waals surface area contributed by atoms with Crippen molar-refractivity contribution in [2.45, 2.75) is 32.9 Å². The summed E-state index contributed by atoms with van der Waals surface area (Å²) in [6.07, 6.45) is 7.71. The zero-order valence-corrected chi connectivity index (χ0v) is 16.5. The molecule has 0 aliphatic carbocycles. The van der Waals surface area contributed by atoms with E-state index in [0.29, 0.717) is 17.9 Å². The fraction of sp³-hybridized carbons (Fsp3) is 0.273. The van der Waals surface area contributed by atoms with E-state index in [9.17, 15) is 4.79 Å². The summed E-state index contributed by atoms with van der Waals surface area (Å²) in [5.74, 6) is 0.677. The molecular formula is C22H25N5O. The third-order valence-corrected chi connectivity index (χ3v) is 4.78. The molecule has 144 valence electrons. The quantitative estimate of drug-likeness (QED) is 0.675. The number of nitrogens with zero attached hydrogens (tertiary/aromatic N) is 4. The minimum absolute atomic E-state index is 0.00467. The number of pyridine rings is 1. The fourth-order valence-electron chi connectivity index (χ4n) is 3.03. The lowest BCUT2D eigenvalue weighted by molar-refractivity contribution is 0.0671. The molecule has 1 amide bonds. The third-order valence-electron chi connectivity index (χ3n) is 4.78. The monoisotopic (exact) mass is 375 g/mol. The van der Waals surface area contributed by atoms with Crippen LogP contribution in [0.15, 0.2) is 61.2 Å². The molecule has 2 aromatic heterocycles. The minimum Gasteiger partial charge on any atom is -0.371 e. The molecule has 1 atom stereocenters. The average molecular weight is 375 g/mol. The van der Waals surface area contributed by atoms with Crippen molar-refractivity contribution in [3.8, 4) is 11.3 Å². The predicted octanol–water partition coefficient (Wildman–Crippen LogP) is 4.02. The van der Waals surface area contributed by atoms with Gasteiger partial charge in [0, 0.05) is 55.5 Å². The van der Waals surface area contributed by atoms with Gasteiger partial charge in [0.15, 0.2) is 5.82 Å². The number of anilines is 1. The van der Waals surface area contributed by atoms with E-state index in [1.165, 1.54) is 0 Å². The van der Waals surface area contributed by atoms with Crippen LogP contribution in [0.3, 0.4) is 0 Å². The van der Waals surface area contributed by atoms with E-state index in [0.717, 1.165) is 23.2 Å². The summed E-state index contributed by atoms with van der Waals surface area (Å²) in [5, 5.41) is 3.05. The van der Waals surface area contributed by atoms with Crippen LogP contribution in [0.2, 0.25) is 0 Å². The summed E-state index contributed by atoms with van der Waals surface area (Å²) < 4.78 is 0. The van der Waals surface area contributed by atoms with Gasteiger partial charge in [-0.25, -0.2) is 4.98 Å². The largest absolute Gasteiger partial charge is 0.371 e. The molecule has 3 aromatic rings. The van der Waals surface area contributed by atoms with Gasteiger partial charge in [-0.3, -0.25) is 14.8 Å². The van der Waals surface area contributed by atoms with Crippen molar-refractivity contribution in [1.29, 1.82) is 0 Å². The van der Waals surface area contributed by atoms with Crippen molar-refractivity contribution in [2.24, 2.45) is 0 Å². The Kier molecular flexibility index (Phi) is 6.32. The first kappa shape index (κ1) is 19.5. The summed E-state index contributed by atoms with van der Waals surface area (Å²) in [6, 6.07) is 11.5. The molecule has 6 nitrogen and oxygen atoms in total. The van der Waals surface area contributed by atoms with E-state index in [4.69, 9.17) is 0 Å². The second-order valence-electron chi connectivity index (χ2n) is 6.64. The molecule has 0 spiro atoms. The summed E-state index contributed by atoms with van der Waals surface area (Å²) in [5.41, 5.74) is 3.23. The molecule has 0 aliphatic heterocycles. The Morgan fingerprint density at radius 1 is 1.14 bits per heavy atom. The maximum atomic E-state index is 13.3. The lowest BCUT2D eigenvalue weighted by Gasteiger charge is -2.29. The molecule has 0 fully saturated rings. The van der Waals surface area contributed by atoms with Crippen LogP contribution in [0.4, 0.5) is 5.82 Å². The van der Waals surface area contributed by atoms with Crippen LogP contribution in [0.1, 0.15) is 36.2 Å². The number of hydrogen-bond donors (Lipinski definition) is 1. The fourth-order valence-corrected chi connectivity index (χ4v) is 3.03. The number of rotatable bonds is 7. The Hall–Kier alpha value is -3.28. The maximum Gasteiger partial charge on any atom is 0.254 e. The van der Waals surface area contributed by atoms with Crippen molar-refractivity contribution in [2.75, 3.05) is 12.4 Å². The number of nitrogens with one attached hydrogen (secondary N) is 1. The summed E-state index contributed by atoms with van der Waals surface area (Å²) in [4.78, 5) is 28.1. The molecule has 0 bridgehead atoms. The van der Waals surface area contributed by atoms with Gasteiger partial charge in [-0.1, -0.05) is 25.1 Å². The second kappa shape index (κ2) is 9.08. The van der Waals surface area contributed by atoms with Gasteiger partial charge in [0.05, 0.1) is 0 Å². The highest BCUT2D eigenvalue weighted by Gasteiger charge is 2.21. The second-order valence-corrected chi connectivity index (χ2v) is 6.64. The van der Waals surface area contributed by atoms with E-state index < -0.39 is 0 Å². The number of aromatic nitrogens is 3. The van der Waals surface area contributed by atoms with Crippen LogP contribution in [0.25, 0.3) is 11.3 Å². The molecule has 0 radical (unpaired) electrons. The van der Waals surface area contributed by atoms with E-state index in [-0.39, 0.29) is 11.9 Å². The number of amides is 1. The average Bonchev–Trinajstić information content (AvgIpc) is 2.77. The number of carbonyl (C=O) groups is 1. The molecule has 1 aromatic carbocycles. The van der Waals surface area contributed by atoms with Crippen LogP contribution >= 0.6 is 0 Å². The number of benzene rings is 1. The van der Waals surface area contributed by atoms with Gasteiger partial charge in [0.2, 0.25) is 0 Å². The van der Waals surface area contributed by atoms with Crippen molar-refractivity contribution in [1.82, 2.24) is 19.9 Å². The van der Waals surface area contributed by atoms with Crippen LogP contribution < -0.4 is 5.32 Å². The third kappa shape index (κ3) is 4.34. The molecule has 3 rings (SSSR count). The lowest BCUT2D eigenvalue weighted by Crippen LogP contribution is -2.37. The van der Waals surface area contributed by atoms with Crippen LogP contribution in [-0.4, -0.2) is 38.8 Å². The van der Waals surface area contributed by atoms with E-state index in [2.05, 4.69) is 34.1 Å². The molecule has 2 heterocycles. The molecule has 6 heteroatoms. The van der Waals surface area contributed by atoms with Gasteiger partial charge in [-0.15, -0.1) is 0 Å². The highest BCUT2D eigenvalue weighted by atomic mass is 16.2. The Morgan fingerprint density at radius 2 is 1.96 bits per heavy atom. The Morgan fingerprint density at radius 3 is 2.68 bits per heavy atom. The molecule has 0 saturated carbocycles. The molecule has 28 heavy (non-hydrogen) atoms. The molecule has 0 saturated heterocycles. The van der Waals surface area contributed by atoms with Gasteiger partial charge in [-0.2, -0.15) is 0 Å². The SMILES string of the molecule is CC[C@H](C)N(Cc1cccnc1)C(=O)c1cccc(-c2nccnc2NC)c1. The van der Waals surface area contributed by atoms with Gasteiger partial charge in [0.25, 0.3) is 5.91 Å². The Bertz CT molecular complexity index is 929. The Labute approximate surface area is 165 Å². The Balaban J connectivity index is 1.93. The summed E-state index contributed by atoms with van der Waals surface area (Å²) in [6.45, 7) is 4.68. The van der Waals surface area contributed by atoms with Crippen molar-refractivity contribution < 1.29 is 4.79 Å². The summed E-state index contributed by atoms with van der Waals surface area (Å²) >= 11 is 0. The van der Waals surface area contributed by atoms with Crippen molar-refractivity contribution >= 4 is 11.7 Å². The smallest absolute Gasteiger partial charge is 0.254 e. The van der Waals surface area contributed by atoms with Gasteiger partial charge < -0.3 is 10.2 Å². The first-order valence-corrected chi connectivity index (χ1v) is 9.43. The zero-order chi connectivity index (χ0) is 19.9. The number of hydrogen-bond acceptors (Lipinski definition) is 5. The lowest BCUT2D eigenvalue weighted by atomic mass is 10.0. The predicted molar refractivity (Wildman–Crippen MR) is 111 cm³/mol. The molecule has 1 N–H and O–H groups in total. The number of carbonyl (C=O) groups excluding carboxylic acids is 1. The molecule has 0 unspecified atom stereocenters. The highest BCUT2D eigenvalue weighted by molar-refractivity contribution is 5.95. The first-order valence-electron chi connectivity index (χ1n) is 9.43. The van der Waals surface area contributed by atoms with Crippen molar-refractivity contribution in [3.63, 3.8) is 0 Å². The van der Waals surface area contributed by atoms with Gasteiger partial charge >= 0.3 is 0 Å². The molecular weight excluding hydrogens is 350 g/mol. The molecule has 0 aliphatic rings. The standard InChI is InChI=1S/C22H25N5O/c1-4-16(2)27(15-17-7-6-10-24-14-17)22(28)19-9-5-8-18(13-19)20-21(23-3)26-12-11-25-20/h5-14,16H,4,15H2,1-3H3,(H,23,26)/t16-/m0/s1. The van der Waals surface area contributed by atoms with Crippen LogP contribution in [0.5, 0.6) is 0 Å². The summed E-state index contributed by atoms with van der Waals surface area (Å²) in [7, 11) is 1.81. The van der Waals surface area contributed by atoms with E-state index in [1.54, 1.807) is 31.8 Å². The van der Waals surface area contributed by atoms with Gasteiger partial charge in [0.1, 0.15) is 5.69 Å². The first-order chi connectivity index (χ1) is 13.6. The van der Waals surface area contributed by atoms with Crippen LogP contribution in [-0.2, 0) is 6.54 Å². The highest BCUT2D eigenvalue weighted by Crippen LogP contribution is 2.25. The topological polar surface area (TPSA) is 71.0 Å². The van der Waals surface area contributed by atoms with E-state index in [1.807, 2.05) is 41.3 Å². The van der Waals surface area contributed by atoms with Crippen molar-refractivity contribution in [3.05, 3.63) is 72.3 Å². The van der Waals surface area contributed by atoms with Gasteiger partial charge in [-0.05, 0) is 37.1 Å².